The zero-order valence-electron chi connectivity index (χ0n) is 16.9. The van der Waals surface area contributed by atoms with Gasteiger partial charge in [-0.2, -0.15) is 13.9 Å². The highest BCUT2D eigenvalue weighted by atomic mass is 19.3. The van der Waals surface area contributed by atoms with E-state index in [1.165, 1.54) is 12.1 Å². The Labute approximate surface area is 178 Å². The summed E-state index contributed by atoms with van der Waals surface area (Å²) in [6.45, 7) is -2.13. The van der Waals surface area contributed by atoms with Gasteiger partial charge in [-0.1, -0.05) is 24.3 Å². The monoisotopic (exact) mass is 425 g/mol. The molecule has 0 bridgehead atoms. The first kappa shape index (κ1) is 19.5. The topological polar surface area (TPSA) is 56.6 Å². The summed E-state index contributed by atoms with van der Waals surface area (Å²) in [5, 5.41) is 4.65. The van der Waals surface area contributed by atoms with Gasteiger partial charge in [-0.05, 0) is 24.3 Å². The van der Waals surface area contributed by atoms with Crippen molar-refractivity contribution < 1.29 is 23.0 Å². The lowest BCUT2D eigenvalue weighted by Crippen LogP contribution is -2.49. The molecule has 0 radical (unpaired) electrons. The predicted molar refractivity (Wildman–Crippen MR) is 109 cm³/mol. The van der Waals surface area contributed by atoms with Gasteiger partial charge in [0.1, 0.15) is 22.8 Å². The number of likely N-dealkylation sites (tertiary alicyclic amines) is 1. The molecular formula is C23H21F2N3O3. The second-order valence-corrected chi connectivity index (χ2v) is 7.82. The minimum Gasteiger partial charge on any atom is -0.482 e. The maximum Gasteiger partial charge on any atom is 0.387 e. The number of amides is 1. The molecule has 2 aliphatic heterocycles. The molecule has 0 atom stereocenters. The summed E-state index contributed by atoms with van der Waals surface area (Å²) in [6.07, 6.45) is 3.13. The van der Waals surface area contributed by atoms with Crippen LogP contribution in [0.1, 0.15) is 28.8 Å². The van der Waals surface area contributed by atoms with Gasteiger partial charge in [-0.15, -0.1) is 0 Å². The molecule has 3 heterocycles. The summed E-state index contributed by atoms with van der Waals surface area (Å²) in [6, 6.07) is 13.9. The van der Waals surface area contributed by atoms with Crippen molar-refractivity contribution >= 4 is 5.91 Å². The normalized spacial score (nSPS) is 16.6. The van der Waals surface area contributed by atoms with E-state index in [4.69, 9.17) is 4.74 Å². The second-order valence-electron chi connectivity index (χ2n) is 7.82. The summed E-state index contributed by atoms with van der Waals surface area (Å²) >= 11 is 0. The van der Waals surface area contributed by atoms with Crippen LogP contribution in [0.3, 0.4) is 0 Å². The number of rotatable bonds is 3. The number of benzene rings is 2. The maximum atomic E-state index is 13.1. The molecule has 5 rings (SSSR count). The van der Waals surface area contributed by atoms with E-state index in [1.54, 1.807) is 21.7 Å². The first-order chi connectivity index (χ1) is 15.0. The number of para-hydroxylation sites is 2. The second kappa shape index (κ2) is 7.37. The molecule has 0 aliphatic carbocycles. The summed E-state index contributed by atoms with van der Waals surface area (Å²) < 4.78 is 38.3. The van der Waals surface area contributed by atoms with Crippen LogP contribution in [0.4, 0.5) is 8.78 Å². The van der Waals surface area contributed by atoms with Crippen molar-refractivity contribution in [3.8, 4) is 22.8 Å². The number of fused-ring (bicyclic) bond motifs is 4. The van der Waals surface area contributed by atoms with Crippen LogP contribution in [0.25, 0.3) is 11.3 Å². The fraction of sp³-hybridized carbons (Fsp3) is 0.304. The smallest absolute Gasteiger partial charge is 0.387 e. The third kappa shape index (κ3) is 3.32. The molecule has 31 heavy (non-hydrogen) atoms. The zero-order chi connectivity index (χ0) is 21.6. The molecule has 160 valence electrons. The fourth-order valence-corrected chi connectivity index (χ4v) is 4.49. The van der Waals surface area contributed by atoms with Gasteiger partial charge in [0, 0.05) is 50.3 Å². The van der Waals surface area contributed by atoms with Gasteiger partial charge in [0.2, 0.25) is 0 Å². The van der Waals surface area contributed by atoms with Crippen molar-refractivity contribution in [2.45, 2.75) is 25.1 Å². The fourth-order valence-electron chi connectivity index (χ4n) is 4.49. The number of carbonyl (C=O) groups is 1. The van der Waals surface area contributed by atoms with Crippen LogP contribution in [0.5, 0.6) is 11.5 Å². The Kier molecular flexibility index (Phi) is 4.64. The number of halogens is 2. The van der Waals surface area contributed by atoms with E-state index in [0.29, 0.717) is 25.9 Å². The molecule has 1 fully saturated rings. The van der Waals surface area contributed by atoms with Gasteiger partial charge in [-0.25, -0.2) is 0 Å². The van der Waals surface area contributed by atoms with Gasteiger partial charge in [0.05, 0.1) is 5.56 Å². The van der Waals surface area contributed by atoms with Gasteiger partial charge in [0.15, 0.2) is 0 Å². The van der Waals surface area contributed by atoms with E-state index in [9.17, 15) is 13.6 Å². The minimum atomic E-state index is -2.99. The van der Waals surface area contributed by atoms with Gasteiger partial charge < -0.3 is 14.4 Å². The first-order valence-electron chi connectivity index (χ1n) is 10.1. The third-order valence-electron chi connectivity index (χ3n) is 5.96. The van der Waals surface area contributed by atoms with Crippen LogP contribution >= 0.6 is 0 Å². The molecule has 8 heteroatoms. The van der Waals surface area contributed by atoms with Crippen LogP contribution in [-0.4, -0.2) is 40.3 Å². The molecule has 1 spiro atoms. The number of ether oxygens (including phenoxy) is 2. The number of carbonyl (C=O) groups excluding carboxylic acids is 1. The minimum absolute atomic E-state index is 0.111. The molecule has 1 amide bonds. The number of hydrogen-bond donors (Lipinski definition) is 0. The molecule has 3 aromatic rings. The van der Waals surface area contributed by atoms with Crippen molar-refractivity contribution in [2.75, 3.05) is 13.1 Å². The highest BCUT2D eigenvalue weighted by Crippen LogP contribution is 2.49. The third-order valence-corrected chi connectivity index (χ3v) is 5.96. The van der Waals surface area contributed by atoms with Crippen LogP contribution < -0.4 is 9.47 Å². The molecule has 2 aromatic carbocycles. The molecule has 0 unspecified atom stereocenters. The quantitative estimate of drug-likeness (QED) is 0.631. The van der Waals surface area contributed by atoms with E-state index in [0.717, 1.165) is 22.6 Å². The van der Waals surface area contributed by atoms with Crippen molar-refractivity contribution in [1.82, 2.24) is 14.7 Å². The molecule has 6 nitrogen and oxygen atoms in total. The summed E-state index contributed by atoms with van der Waals surface area (Å²) in [4.78, 5) is 14.7. The molecular weight excluding hydrogens is 404 g/mol. The average molecular weight is 425 g/mol. The van der Waals surface area contributed by atoms with Crippen molar-refractivity contribution in [3.05, 3.63) is 65.9 Å². The molecule has 2 aliphatic rings. The lowest BCUT2D eigenvalue weighted by Gasteiger charge is -2.44. The highest BCUT2D eigenvalue weighted by Gasteiger charge is 2.46. The van der Waals surface area contributed by atoms with Crippen LogP contribution in [0.15, 0.2) is 54.7 Å². The Morgan fingerprint density at radius 2 is 1.84 bits per heavy atom. The van der Waals surface area contributed by atoms with Crippen molar-refractivity contribution in [2.24, 2.45) is 7.05 Å². The SMILES string of the molecule is Cn1cc2c(n1)-c1ccccc1OC21CCN(C(=O)c2ccccc2OC(F)F)CC1. The Bertz CT molecular complexity index is 1140. The number of piperidine rings is 1. The zero-order valence-corrected chi connectivity index (χ0v) is 16.9. The average Bonchev–Trinajstić information content (AvgIpc) is 3.17. The maximum absolute atomic E-state index is 13.1. The number of aromatic nitrogens is 2. The predicted octanol–water partition coefficient (Wildman–Crippen LogP) is 4.21. The summed E-state index contributed by atoms with van der Waals surface area (Å²) in [5.74, 6) is 0.345. The summed E-state index contributed by atoms with van der Waals surface area (Å²) in [5.41, 5.74) is 2.44. The van der Waals surface area contributed by atoms with Crippen LogP contribution in [0, 0.1) is 0 Å². The lowest BCUT2D eigenvalue weighted by molar-refractivity contribution is -0.0504. The van der Waals surface area contributed by atoms with E-state index in [-0.39, 0.29) is 17.2 Å². The number of alkyl halides is 2. The van der Waals surface area contributed by atoms with Crippen LogP contribution in [-0.2, 0) is 12.6 Å². The number of nitrogens with zero attached hydrogens (tertiary/aromatic N) is 3. The largest absolute Gasteiger partial charge is 0.482 e. The van der Waals surface area contributed by atoms with E-state index in [1.807, 2.05) is 37.5 Å². The number of aryl methyl sites for hydroxylation is 1. The highest BCUT2D eigenvalue weighted by molar-refractivity contribution is 5.97. The molecule has 1 saturated heterocycles. The lowest BCUT2D eigenvalue weighted by atomic mass is 9.81. The molecule has 0 saturated carbocycles. The Morgan fingerprint density at radius 1 is 1.13 bits per heavy atom. The first-order valence-corrected chi connectivity index (χ1v) is 10.1. The Hall–Kier alpha value is -3.42. The van der Waals surface area contributed by atoms with Gasteiger partial charge in [-0.3, -0.25) is 9.48 Å². The summed E-state index contributed by atoms with van der Waals surface area (Å²) in [7, 11) is 1.88. The van der Waals surface area contributed by atoms with Crippen molar-refractivity contribution in [3.63, 3.8) is 0 Å². The Balaban J connectivity index is 1.41. The molecule has 1 aromatic heterocycles. The Morgan fingerprint density at radius 3 is 2.61 bits per heavy atom. The van der Waals surface area contributed by atoms with Gasteiger partial charge >= 0.3 is 6.61 Å². The van der Waals surface area contributed by atoms with Gasteiger partial charge in [0.25, 0.3) is 5.91 Å². The van der Waals surface area contributed by atoms with E-state index >= 15 is 0 Å². The van der Waals surface area contributed by atoms with Crippen molar-refractivity contribution in [1.29, 1.82) is 0 Å². The number of hydrogen-bond acceptors (Lipinski definition) is 4. The van der Waals surface area contributed by atoms with Crippen LogP contribution in [0.2, 0.25) is 0 Å². The molecule has 0 N–H and O–H groups in total. The standard InChI is InChI=1S/C23H21F2N3O3/c1-27-14-17-20(26-27)15-6-2-5-9-19(15)31-23(17)10-12-28(13-11-23)21(29)16-7-3-4-8-18(16)30-22(24)25/h2-9,14,22H,10-13H2,1H3. The van der Waals surface area contributed by atoms with E-state index in [2.05, 4.69) is 9.84 Å². The van der Waals surface area contributed by atoms with E-state index < -0.39 is 12.2 Å².